The van der Waals surface area contributed by atoms with Gasteiger partial charge in [0.25, 0.3) is 0 Å². The molecule has 1 atom stereocenters. The Bertz CT molecular complexity index is 1000. The third-order valence-electron chi connectivity index (χ3n) is 4.83. The van der Waals surface area contributed by atoms with Gasteiger partial charge < -0.3 is 20.7 Å². The molecule has 0 aliphatic heterocycles. The van der Waals surface area contributed by atoms with Crippen molar-refractivity contribution < 1.29 is 9.90 Å². The molecule has 1 aromatic carbocycles. The van der Waals surface area contributed by atoms with Crippen molar-refractivity contribution in [2.45, 2.75) is 59.9 Å². The van der Waals surface area contributed by atoms with Gasteiger partial charge in [0.05, 0.1) is 22.4 Å². The summed E-state index contributed by atoms with van der Waals surface area (Å²) in [6.45, 7) is 9.36. The summed E-state index contributed by atoms with van der Waals surface area (Å²) >= 11 is 0. The molecular formula is C20H28N6O2. The average Bonchev–Trinajstić information content (AvgIpc) is 3.19. The van der Waals surface area contributed by atoms with E-state index in [-0.39, 0.29) is 0 Å². The summed E-state index contributed by atoms with van der Waals surface area (Å²) in [6.07, 6.45) is 1.05. The molecule has 0 aliphatic rings. The number of nitrogens with zero attached hydrogens (tertiary/aromatic N) is 4. The highest BCUT2D eigenvalue weighted by molar-refractivity contribution is 5.97. The topological polar surface area (TPSA) is 111 Å². The Morgan fingerprint density at radius 2 is 2.04 bits per heavy atom. The number of carbonyl (C=O) groups is 1. The van der Waals surface area contributed by atoms with Crippen molar-refractivity contribution in [2.75, 3.05) is 5.32 Å². The fraction of sp³-hybridized carbons (Fsp3) is 0.450. The molecule has 0 bridgehead atoms. The number of hydrogen-bond acceptors (Lipinski definition) is 5. The van der Waals surface area contributed by atoms with E-state index in [1.165, 1.54) is 0 Å². The molecule has 28 heavy (non-hydrogen) atoms. The number of hydrogen-bond donors (Lipinski definition) is 3. The highest BCUT2D eigenvalue weighted by Crippen LogP contribution is 2.27. The van der Waals surface area contributed by atoms with E-state index in [4.69, 9.17) is 5.73 Å². The molecule has 1 amide bonds. The quantitative estimate of drug-likeness (QED) is 0.517. The lowest BCUT2D eigenvalue weighted by molar-refractivity contribution is 0.100. The number of nitrogens with one attached hydrogen (secondary N) is 1. The second-order valence-electron chi connectivity index (χ2n) is 7.04. The zero-order chi connectivity index (χ0) is 20.4. The molecule has 3 rings (SSSR count). The van der Waals surface area contributed by atoms with Crippen LogP contribution in [0.4, 0.5) is 5.95 Å². The Balaban J connectivity index is 2.05. The largest absolute Gasteiger partial charge is 0.368 e. The van der Waals surface area contributed by atoms with Crippen LogP contribution < -0.4 is 11.1 Å². The van der Waals surface area contributed by atoms with Crippen molar-refractivity contribution in [3.8, 4) is 0 Å². The van der Waals surface area contributed by atoms with E-state index in [9.17, 15) is 9.90 Å². The van der Waals surface area contributed by atoms with Gasteiger partial charge in [-0.15, -0.1) is 0 Å². The molecule has 1 unspecified atom stereocenters. The molecule has 2 aromatic heterocycles. The molecule has 8 heteroatoms. The molecule has 0 spiro atoms. The lowest BCUT2D eigenvalue weighted by atomic mass is 10.1. The standard InChI is InChI=1S/C20H28N6O2/c1-5-7-8-25-17-12(3)9-14(18(21)27)11-15(17)22-20(25)23-19(28)16-10-13(4)24-26(16)6-2/h9-11,19,28H,5-8H2,1-4H3,(H2,21,27)(H,22,23). The van der Waals surface area contributed by atoms with E-state index >= 15 is 0 Å². The van der Waals surface area contributed by atoms with Crippen LogP contribution in [0.15, 0.2) is 18.2 Å². The summed E-state index contributed by atoms with van der Waals surface area (Å²) in [5.41, 5.74) is 9.95. The maximum absolute atomic E-state index is 11.6. The van der Waals surface area contributed by atoms with Crippen LogP contribution in [-0.2, 0) is 13.1 Å². The fourth-order valence-corrected chi connectivity index (χ4v) is 3.50. The van der Waals surface area contributed by atoms with Crippen LogP contribution >= 0.6 is 0 Å². The summed E-state index contributed by atoms with van der Waals surface area (Å²) in [5.74, 6) is 0.0761. The molecular weight excluding hydrogens is 356 g/mol. The molecule has 8 nitrogen and oxygen atoms in total. The molecule has 0 aliphatic carbocycles. The van der Waals surface area contributed by atoms with Gasteiger partial charge in [-0.25, -0.2) is 4.98 Å². The van der Waals surface area contributed by atoms with E-state index in [1.54, 1.807) is 16.8 Å². The lowest BCUT2D eigenvalue weighted by Gasteiger charge is -2.16. The lowest BCUT2D eigenvalue weighted by Crippen LogP contribution is -2.18. The molecule has 0 radical (unpaired) electrons. The molecule has 0 saturated heterocycles. The number of fused-ring (bicyclic) bond motifs is 1. The summed E-state index contributed by atoms with van der Waals surface area (Å²) in [7, 11) is 0. The van der Waals surface area contributed by atoms with Crippen LogP contribution in [0.2, 0.25) is 0 Å². The van der Waals surface area contributed by atoms with E-state index in [0.717, 1.165) is 36.2 Å². The van der Waals surface area contributed by atoms with Gasteiger partial charge in [-0.1, -0.05) is 13.3 Å². The van der Waals surface area contributed by atoms with Gasteiger partial charge >= 0.3 is 0 Å². The van der Waals surface area contributed by atoms with Crippen molar-refractivity contribution in [1.82, 2.24) is 19.3 Å². The number of carbonyl (C=O) groups excluding carboxylic acids is 1. The Labute approximate surface area is 164 Å². The van der Waals surface area contributed by atoms with Crippen molar-refractivity contribution in [3.63, 3.8) is 0 Å². The van der Waals surface area contributed by atoms with Crippen molar-refractivity contribution in [2.24, 2.45) is 5.73 Å². The molecule has 3 aromatic rings. The number of unbranched alkanes of at least 4 members (excludes halogenated alkanes) is 1. The Morgan fingerprint density at radius 1 is 1.29 bits per heavy atom. The Kier molecular flexibility index (Phi) is 5.69. The number of aliphatic hydroxyl groups is 1. The third kappa shape index (κ3) is 3.73. The molecule has 2 heterocycles. The Hall–Kier alpha value is -2.87. The number of rotatable bonds is 8. The summed E-state index contributed by atoms with van der Waals surface area (Å²) in [6, 6.07) is 5.34. The number of aliphatic hydroxyl groups excluding tert-OH is 1. The van der Waals surface area contributed by atoms with Crippen LogP contribution in [0.1, 0.15) is 60.2 Å². The van der Waals surface area contributed by atoms with Crippen LogP contribution in [0.25, 0.3) is 11.0 Å². The van der Waals surface area contributed by atoms with Crippen LogP contribution in [0, 0.1) is 13.8 Å². The third-order valence-corrected chi connectivity index (χ3v) is 4.83. The van der Waals surface area contributed by atoms with Gasteiger partial charge in [-0.2, -0.15) is 5.10 Å². The number of anilines is 1. The maximum atomic E-state index is 11.6. The van der Waals surface area contributed by atoms with Crippen molar-refractivity contribution >= 4 is 22.9 Å². The maximum Gasteiger partial charge on any atom is 0.248 e. The monoisotopic (exact) mass is 384 g/mol. The summed E-state index contributed by atoms with van der Waals surface area (Å²) < 4.78 is 3.82. The highest BCUT2D eigenvalue weighted by atomic mass is 16.3. The van der Waals surface area contributed by atoms with Crippen molar-refractivity contribution in [3.05, 3.63) is 40.7 Å². The molecule has 4 N–H and O–H groups in total. The number of benzene rings is 1. The SMILES string of the molecule is CCCCn1c(NC(O)c2cc(C)nn2CC)nc2cc(C(N)=O)cc(C)c21. The fourth-order valence-electron chi connectivity index (χ4n) is 3.50. The zero-order valence-electron chi connectivity index (χ0n) is 16.9. The first-order chi connectivity index (χ1) is 13.3. The molecule has 0 fully saturated rings. The smallest absolute Gasteiger partial charge is 0.248 e. The number of aryl methyl sites for hydroxylation is 4. The minimum absolute atomic E-state index is 0.428. The van der Waals surface area contributed by atoms with Gasteiger partial charge in [0.15, 0.2) is 6.23 Å². The first-order valence-electron chi connectivity index (χ1n) is 9.65. The predicted octanol–water partition coefficient (Wildman–Crippen LogP) is 2.87. The number of primary amides is 1. The molecule has 150 valence electrons. The van der Waals surface area contributed by atoms with E-state index in [0.29, 0.717) is 29.3 Å². The van der Waals surface area contributed by atoms with Crippen molar-refractivity contribution in [1.29, 1.82) is 0 Å². The minimum Gasteiger partial charge on any atom is -0.368 e. The van der Waals surface area contributed by atoms with E-state index < -0.39 is 12.1 Å². The van der Waals surface area contributed by atoms with Gasteiger partial charge in [-0.3, -0.25) is 9.48 Å². The van der Waals surface area contributed by atoms with E-state index in [1.807, 2.05) is 26.8 Å². The number of imidazole rings is 1. The van der Waals surface area contributed by atoms with E-state index in [2.05, 4.69) is 26.9 Å². The van der Waals surface area contributed by atoms with Crippen LogP contribution in [0.5, 0.6) is 0 Å². The second-order valence-corrected chi connectivity index (χ2v) is 7.04. The van der Waals surface area contributed by atoms with Crippen LogP contribution in [0.3, 0.4) is 0 Å². The van der Waals surface area contributed by atoms with Gasteiger partial charge in [0.1, 0.15) is 0 Å². The summed E-state index contributed by atoms with van der Waals surface area (Å²) in [4.78, 5) is 16.3. The van der Waals surface area contributed by atoms with Gasteiger partial charge in [0.2, 0.25) is 11.9 Å². The second kappa shape index (κ2) is 8.02. The number of nitrogens with two attached hydrogens (primary N) is 1. The predicted molar refractivity (Wildman–Crippen MR) is 109 cm³/mol. The zero-order valence-corrected chi connectivity index (χ0v) is 16.9. The summed E-state index contributed by atoms with van der Waals surface area (Å²) in [5, 5.41) is 18.3. The average molecular weight is 384 g/mol. The number of aromatic nitrogens is 4. The number of amides is 1. The highest BCUT2D eigenvalue weighted by Gasteiger charge is 2.20. The first-order valence-corrected chi connectivity index (χ1v) is 9.65. The Morgan fingerprint density at radius 3 is 2.68 bits per heavy atom. The first kappa shape index (κ1) is 19.9. The van der Waals surface area contributed by atoms with Gasteiger partial charge in [-0.05, 0) is 51.0 Å². The van der Waals surface area contributed by atoms with Crippen LogP contribution in [-0.4, -0.2) is 30.3 Å². The normalized spacial score (nSPS) is 12.5. The minimum atomic E-state index is -0.950. The molecule has 0 saturated carbocycles. The van der Waals surface area contributed by atoms with Gasteiger partial charge in [0, 0.05) is 18.7 Å².